The Morgan fingerprint density at radius 1 is 1.08 bits per heavy atom. The van der Waals surface area contributed by atoms with Gasteiger partial charge in [0.15, 0.2) is 0 Å². The van der Waals surface area contributed by atoms with Crippen LogP contribution in [0.5, 0.6) is 0 Å². The molecule has 74 valence electrons. The molecule has 0 radical (unpaired) electrons. The van der Waals surface area contributed by atoms with E-state index in [2.05, 4.69) is 6.03 Å². The Balaban J connectivity index is 2.90. The molecule has 8 nitrogen and oxygen atoms in total. The van der Waals surface area contributed by atoms with Gasteiger partial charge in [-0.2, -0.15) is 0 Å². The van der Waals surface area contributed by atoms with Crippen LogP contribution in [0.3, 0.4) is 0 Å². The third-order valence-electron chi connectivity index (χ3n) is 1.26. The molecule has 0 spiro atoms. The van der Waals surface area contributed by atoms with E-state index in [9.17, 15) is 12.6 Å². The number of rotatable bonds is 2. The summed E-state index contributed by atoms with van der Waals surface area (Å²) in [5.41, 5.74) is 0. The van der Waals surface area contributed by atoms with E-state index in [1.807, 2.05) is 0 Å². The van der Waals surface area contributed by atoms with Crippen LogP contribution in [0.15, 0.2) is 0 Å². The van der Waals surface area contributed by atoms with E-state index in [0.717, 1.165) is 0 Å². The van der Waals surface area contributed by atoms with E-state index in [-0.39, 0.29) is 0 Å². The maximum absolute atomic E-state index is 10.7. The van der Waals surface area contributed by atoms with Crippen LogP contribution in [0.2, 0.25) is 0 Å². The van der Waals surface area contributed by atoms with Crippen molar-refractivity contribution in [1.29, 1.82) is 0 Å². The molecule has 1 saturated heterocycles. The number of carbonyl (C=O) groups is 2. The minimum atomic E-state index is -5.42. The van der Waals surface area contributed by atoms with Crippen molar-refractivity contribution in [3.8, 4) is 0 Å². The van der Waals surface area contributed by atoms with E-state index in [0.29, 0.717) is 0 Å². The molecule has 13 heavy (non-hydrogen) atoms. The SMILES string of the molecule is O=C(O)C1[O][Sb](=[O])([OH])[O]C1C(=O)O. The molecule has 2 unspecified atom stereocenters. The fourth-order valence-corrected chi connectivity index (χ4v) is 3.70. The van der Waals surface area contributed by atoms with Crippen molar-refractivity contribution < 1.29 is 32.2 Å². The predicted octanol–water partition coefficient (Wildman–Crippen LogP) is -2.20. The summed E-state index contributed by atoms with van der Waals surface area (Å²) in [5, 5.41) is 16.8. The Morgan fingerprint density at radius 2 is 1.38 bits per heavy atom. The average Bonchev–Trinajstić information content (AvgIpc) is 2.26. The van der Waals surface area contributed by atoms with Gasteiger partial charge in [0.1, 0.15) is 0 Å². The number of carboxylic acid groups (broad SMARTS) is 2. The minimum absolute atomic E-state index is 1.65. The second-order valence-electron chi connectivity index (χ2n) is 2.20. The van der Waals surface area contributed by atoms with Crippen LogP contribution in [0.25, 0.3) is 0 Å². The number of aliphatic carboxylic acids is 2. The molecule has 9 heteroatoms. The summed E-state index contributed by atoms with van der Waals surface area (Å²) in [6, 6.07) is 0. The van der Waals surface area contributed by atoms with Crippen LogP contribution in [0, 0.1) is 0 Å². The van der Waals surface area contributed by atoms with Gasteiger partial charge in [-0.25, -0.2) is 0 Å². The van der Waals surface area contributed by atoms with Crippen LogP contribution in [-0.2, 0) is 18.6 Å². The van der Waals surface area contributed by atoms with Crippen molar-refractivity contribution in [3.63, 3.8) is 0 Å². The topological polar surface area (TPSA) is 130 Å². The predicted molar refractivity (Wildman–Crippen MR) is 33.7 cm³/mol. The van der Waals surface area contributed by atoms with Crippen molar-refractivity contribution in [2.45, 2.75) is 12.2 Å². The van der Waals surface area contributed by atoms with Gasteiger partial charge in [-0.3, -0.25) is 0 Å². The van der Waals surface area contributed by atoms with Crippen LogP contribution in [0.1, 0.15) is 0 Å². The summed E-state index contributed by atoms with van der Waals surface area (Å²) >= 11 is -5.42. The van der Waals surface area contributed by atoms with Crippen LogP contribution in [0.4, 0.5) is 0 Å². The Labute approximate surface area is 76.8 Å². The normalized spacial score (nSPS) is 38.8. The summed E-state index contributed by atoms with van der Waals surface area (Å²) < 4.78 is 27.6. The van der Waals surface area contributed by atoms with Crippen molar-refractivity contribution in [2.24, 2.45) is 0 Å². The Morgan fingerprint density at radius 3 is 1.62 bits per heavy atom. The zero-order valence-corrected chi connectivity index (χ0v) is 8.54. The van der Waals surface area contributed by atoms with E-state index in [1.54, 1.807) is 0 Å². The number of hydrogen-bond acceptors (Lipinski definition) is 5. The summed E-state index contributed by atoms with van der Waals surface area (Å²) in [7, 11) is 0. The fraction of sp³-hybridized carbons (Fsp3) is 0.500. The maximum atomic E-state index is 10.7. The second-order valence-corrected chi connectivity index (χ2v) is 6.08. The monoisotopic (exact) mass is 302 g/mol. The van der Waals surface area contributed by atoms with Crippen LogP contribution >= 0.6 is 0 Å². The molecule has 1 fully saturated rings. The van der Waals surface area contributed by atoms with Crippen LogP contribution in [-0.4, -0.2) is 57.8 Å². The first-order valence-electron chi connectivity index (χ1n) is 2.99. The molecular weight excluding hydrogens is 298 g/mol. The van der Waals surface area contributed by atoms with Gasteiger partial charge in [-0.1, -0.05) is 0 Å². The first kappa shape index (κ1) is 10.5. The van der Waals surface area contributed by atoms with Gasteiger partial charge in [-0.05, 0) is 0 Å². The Kier molecular flexibility index (Phi) is 2.67. The molecule has 0 saturated carbocycles. The molecule has 1 aliphatic rings. The molecule has 0 aromatic rings. The Hall–Kier alpha value is -0.562. The number of carboxylic acids is 2. The second kappa shape index (κ2) is 3.30. The molecule has 1 rings (SSSR count). The van der Waals surface area contributed by atoms with Gasteiger partial charge in [0.25, 0.3) is 0 Å². The van der Waals surface area contributed by atoms with Gasteiger partial charge >= 0.3 is 76.4 Å². The van der Waals surface area contributed by atoms with Crippen LogP contribution < -0.4 is 0 Å². The fourth-order valence-electron chi connectivity index (χ4n) is 0.772. The standard InChI is InChI=1S/C4H4O6.H2O.O.Sb/c5-1(3(7)8)2(6)4(9)10;;;/h1-2H,(H,7,8)(H,9,10);1H2;;/q-2;;;+3/p-1. The van der Waals surface area contributed by atoms with Crippen molar-refractivity contribution in [3.05, 3.63) is 0 Å². The molecule has 1 heterocycles. The third-order valence-corrected chi connectivity index (χ3v) is 4.07. The summed E-state index contributed by atoms with van der Waals surface area (Å²) in [4.78, 5) is 20.6. The van der Waals surface area contributed by atoms with Gasteiger partial charge in [0.2, 0.25) is 0 Å². The van der Waals surface area contributed by atoms with Gasteiger partial charge < -0.3 is 0 Å². The Bertz CT molecular complexity index is 271. The quantitative estimate of drug-likeness (QED) is 0.490. The first-order valence-corrected chi connectivity index (χ1v) is 7.25. The van der Waals surface area contributed by atoms with Crippen molar-refractivity contribution in [1.82, 2.24) is 0 Å². The number of hydrogen-bond donors (Lipinski definition) is 3. The van der Waals surface area contributed by atoms with E-state index >= 15 is 0 Å². The summed E-state index contributed by atoms with van der Waals surface area (Å²) in [6.07, 6.45) is -3.82. The van der Waals surface area contributed by atoms with Crippen molar-refractivity contribution >= 4 is 32.0 Å². The third kappa shape index (κ3) is 2.22. The molecule has 0 aliphatic carbocycles. The summed E-state index contributed by atoms with van der Waals surface area (Å²) in [6.45, 7) is 0. The van der Waals surface area contributed by atoms with E-state index < -0.39 is 44.2 Å². The molecule has 0 amide bonds. The molecular formula is C4H5O8Sb. The molecule has 2 atom stereocenters. The van der Waals surface area contributed by atoms with E-state index in [4.69, 9.17) is 13.6 Å². The zero-order valence-electron chi connectivity index (χ0n) is 5.98. The molecule has 1 aliphatic heterocycles. The summed E-state index contributed by atoms with van der Waals surface area (Å²) in [5.74, 6) is -3.29. The van der Waals surface area contributed by atoms with Crippen molar-refractivity contribution in [2.75, 3.05) is 0 Å². The van der Waals surface area contributed by atoms with Gasteiger partial charge in [-0.15, -0.1) is 0 Å². The molecule has 0 aromatic carbocycles. The molecule has 3 N–H and O–H groups in total. The van der Waals surface area contributed by atoms with Gasteiger partial charge in [0.05, 0.1) is 0 Å². The van der Waals surface area contributed by atoms with Gasteiger partial charge in [0, 0.05) is 0 Å². The molecule has 0 aromatic heterocycles. The van der Waals surface area contributed by atoms with E-state index in [1.165, 1.54) is 0 Å². The average molecular weight is 303 g/mol. The zero-order chi connectivity index (χ0) is 10.2. The molecule has 0 bridgehead atoms. The first-order chi connectivity index (χ1) is 5.83.